The van der Waals surface area contributed by atoms with Gasteiger partial charge in [-0.05, 0) is 66.0 Å². The molecule has 0 radical (unpaired) electrons. The van der Waals surface area contributed by atoms with E-state index in [1.165, 1.54) is 5.56 Å². The summed E-state index contributed by atoms with van der Waals surface area (Å²) >= 11 is 3.49. The largest absolute Gasteiger partial charge is 0.488 e. The summed E-state index contributed by atoms with van der Waals surface area (Å²) in [5.74, 6) is 0.326. The summed E-state index contributed by atoms with van der Waals surface area (Å²) in [7, 11) is 0. The maximum atomic E-state index is 12.0. The number of benzene rings is 2. The molecule has 0 saturated carbocycles. The number of aryl methyl sites for hydroxylation is 1. The van der Waals surface area contributed by atoms with Crippen LogP contribution in [0.25, 0.3) is 6.08 Å². The van der Waals surface area contributed by atoms with E-state index in [9.17, 15) is 10.1 Å². The zero-order chi connectivity index (χ0) is 19.1. The molecule has 0 fully saturated rings. The van der Waals surface area contributed by atoms with E-state index in [4.69, 9.17) is 4.74 Å². The lowest BCUT2D eigenvalue weighted by Crippen LogP contribution is -2.30. The molecular weight excluding hydrogens is 392 g/mol. The van der Waals surface area contributed by atoms with E-state index in [-0.39, 0.29) is 17.5 Å². The molecule has 134 valence electrons. The van der Waals surface area contributed by atoms with Crippen molar-refractivity contribution in [3.05, 3.63) is 69.2 Å². The number of halogens is 1. The fourth-order valence-electron chi connectivity index (χ4n) is 2.34. The molecule has 0 spiro atoms. The molecule has 0 aliphatic rings. The highest BCUT2D eigenvalue weighted by molar-refractivity contribution is 9.10. The molecule has 0 unspecified atom stereocenters. The first-order chi connectivity index (χ1) is 12.4. The Morgan fingerprint density at radius 2 is 2.08 bits per heavy atom. The first kappa shape index (κ1) is 19.7. The highest BCUT2D eigenvalue weighted by Crippen LogP contribution is 2.27. The van der Waals surface area contributed by atoms with Crippen LogP contribution in [0.5, 0.6) is 5.75 Å². The minimum atomic E-state index is -0.376. The normalized spacial score (nSPS) is 11.2. The maximum absolute atomic E-state index is 12.0. The van der Waals surface area contributed by atoms with Gasteiger partial charge in [-0.3, -0.25) is 4.79 Å². The molecular formula is C21H21BrN2O2. The molecule has 0 aliphatic carbocycles. The molecule has 2 aromatic rings. The molecule has 5 heteroatoms. The van der Waals surface area contributed by atoms with Crippen molar-refractivity contribution < 1.29 is 9.53 Å². The molecule has 0 saturated heterocycles. The van der Waals surface area contributed by atoms with Crippen LogP contribution in [0.3, 0.4) is 0 Å². The van der Waals surface area contributed by atoms with Gasteiger partial charge in [-0.15, -0.1) is 0 Å². The van der Waals surface area contributed by atoms with Crippen molar-refractivity contribution in [2.45, 2.75) is 33.4 Å². The minimum Gasteiger partial charge on any atom is -0.488 e. The Morgan fingerprint density at radius 3 is 2.69 bits per heavy atom. The summed E-state index contributed by atoms with van der Waals surface area (Å²) < 4.78 is 6.62. The van der Waals surface area contributed by atoms with Gasteiger partial charge in [0, 0.05) is 6.04 Å². The van der Waals surface area contributed by atoms with Gasteiger partial charge in [0.2, 0.25) is 0 Å². The van der Waals surface area contributed by atoms with Gasteiger partial charge in [0.25, 0.3) is 5.91 Å². The van der Waals surface area contributed by atoms with Crippen LogP contribution >= 0.6 is 15.9 Å². The fourth-order valence-corrected chi connectivity index (χ4v) is 2.85. The number of nitrogens with one attached hydrogen (secondary N) is 1. The topological polar surface area (TPSA) is 62.1 Å². The standard InChI is InChI=1S/C21H21BrN2O2/c1-14(2)24-21(25)18(12-23)10-16-7-8-20(19(22)11-16)26-13-17-6-4-5-15(3)9-17/h4-11,14H,13H2,1-3H3,(H,24,25)/b18-10-. The first-order valence-electron chi connectivity index (χ1n) is 8.29. The van der Waals surface area contributed by atoms with E-state index in [2.05, 4.69) is 27.3 Å². The molecule has 2 aromatic carbocycles. The average molecular weight is 413 g/mol. The van der Waals surface area contributed by atoms with Gasteiger partial charge in [0.15, 0.2) is 0 Å². The SMILES string of the molecule is Cc1cccc(COc2ccc(/C=C(/C#N)C(=O)NC(C)C)cc2Br)c1. The number of nitriles is 1. The van der Waals surface area contributed by atoms with Crippen LogP contribution < -0.4 is 10.1 Å². The van der Waals surface area contributed by atoms with Gasteiger partial charge < -0.3 is 10.1 Å². The van der Waals surface area contributed by atoms with Gasteiger partial charge in [0.1, 0.15) is 24.0 Å². The number of amides is 1. The van der Waals surface area contributed by atoms with E-state index in [0.717, 1.165) is 15.6 Å². The molecule has 1 amide bonds. The summed E-state index contributed by atoms with van der Waals surface area (Å²) in [6.45, 7) is 6.21. The number of ether oxygens (including phenoxy) is 1. The smallest absolute Gasteiger partial charge is 0.262 e. The summed E-state index contributed by atoms with van der Waals surface area (Å²) in [6.07, 6.45) is 1.56. The molecule has 26 heavy (non-hydrogen) atoms. The third kappa shape index (κ3) is 5.75. The van der Waals surface area contributed by atoms with Crippen molar-refractivity contribution in [3.8, 4) is 11.8 Å². The molecule has 0 aliphatic heterocycles. The second kappa shape index (κ2) is 9.21. The van der Waals surface area contributed by atoms with Crippen LogP contribution in [0.2, 0.25) is 0 Å². The Morgan fingerprint density at radius 1 is 1.31 bits per heavy atom. The molecule has 0 bridgehead atoms. The van der Waals surface area contributed by atoms with Crippen molar-refractivity contribution in [1.29, 1.82) is 5.26 Å². The number of hydrogen-bond donors (Lipinski definition) is 1. The van der Waals surface area contributed by atoms with Crippen molar-refractivity contribution in [2.24, 2.45) is 0 Å². The van der Waals surface area contributed by atoms with Gasteiger partial charge in [-0.2, -0.15) is 5.26 Å². The van der Waals surface area contributed by atoms with Crippen LogP contribution in [0.15, 0.2) is 52.5 Å². The molecule has 4 nitrogen and oxygen atoms in total. The van der Waals surface area contributed by atoms with Crippen molar-refractivity contribution in [1.82, 2.24) is 5.32 Å². The molecule has 1 N–H and O–H groups in total. The van der Waals surface area contributed by atoms with Crippen molar-refractivity contribution in [3.63, 3.8) is 0 Å². The summed E-state index contributed by atoms with van der Waals surface area (Å²) in [4.78, 5) is 12.0. The van der Waals surface area contributed by atoms with Gasteiger partial charge >= 0.3 is 0 Å². The van der Waals surface area contributed by atoms with E-state index in [0.29, 0.717) is 12.4 Å². The van der Waals surface area contributed by atoms with Crippen molar-refractivity contribution in [2.75, 3.05) is 0 Å². The maximum Gasteiger partial charge on any atom is 0.262 e. The van der Waals surface area contributed by atoms with E-state index < -0.39 is 0 Å². The Bertz CT molecular complexity index is 867. The fraction of sp³-hybridized carbons (Fsp3) is 0.238. The molecule has 2 rings (SSSR count). The quantitative estimate of drug-likeness (QED) is 0.548. The second-order valence-corrected chi connectivity index (χ2v) is 7.12. The summed E-state index contributed by atoms with van der Waals surface area (Å²) in [5, 5.41) is 11.9. The second-order valence-electron chi connectivity index (χ2n) is 6.27. The Hall–Kier alpha value is -2.58. The van der Waals surface area contributed by atoms with Crippen LogP contribution in [0, 0.1) is 18.3 Å². The predicted octanol–water partition coefficient (Wildman–Crippen LogP) is 4.77. The monoisotopic (exact) mass is 412 g/mol. The van der Waals surface area contributed by atoms with Crippen LogP contribution in [-0.4, -0.2) is 11.9 Å². The van der Waals surface area contributed by atoms with Crippen LogP contribution in [0.4, 0.5) is 0 Å². The number of hydrogen-bond acceptors (Lipinski definition) is 3. The number of carbonyl (C=O) groups excluding carboxylic acids is 1. The number of nitrogens with zero attached hydrogens (tertiary/aromatic N) is 1. The van der Waals surface area contributed by atoms with E-state index in [1.807, 2.05) is 63.2 Å². The third-order valence-electron chi connectivity index (χ3n) is 3.53. The van der Waals surface area contributed by atoms with Gasteiger partial charge in [-0.25, -0.2) is 0 Å². The molecule has 0 atom stereocenters. The molecule has 0 aromatic heterocycles. The average Bonchev–Trinajstić information content (AvgIpc) is 2.58. The Balaban J connectivity index is 2.12. The Labute approximate surface area is 162 Å². The minimum absolute atomic E-state index is 0.0246. The zero-order valence-corrected chi connectivity index (χ0v) is 16.6. The Kier molecular flexibility index (Phi) is 6.99. The van der Waals surface area contributed by atoms with Gasteiger partial charge in [-0.1, -0.05) is 35.9 Å². The lowest BCUT2D eigenvalue weighted by atomic mass is 10.1. The van der Waals surface area contributed by atoms with Crippen LogP contribution in [0.1, 0.15) is 30.5 Å². The predicted molar refractivity (Wildman–Crippen MR) is 107 cm³/mol. The lowest BCUT2D eigenvalue weighted by molar-refractivity contribution is -0.117. The zero-order valence-electron chi connectivity index (χ0n) is 15.0. The van der Waals surface area contributed by atoms with E-state index in [1.54, 1.807) is 6.08 Å². The van der Waals surface area contributed by atoms with Gasteiger partial charge in [0.05, 0.1) is 4.47 Å². The number of rotatable bonds is 6. The summed E-state index contributed by atoms with van der Waals surface area (Å²) in [5.41, 5.74) is 3.10. The molecule has 0 heterocycles. The van der Waals surface area contributed by atoms with E-state index >= 15 is 0 Å². The number of carbonyl (C=O) groups is 1. The van der Waals surface area contributed by atoms with Crippen molar-refractivity contribution >= 4 is 27.9 Å². The van der Waals surface area contributed by atoms with Crippen LogP contribution in [-0.2, 0) is 11.4 Å². The summed E-state index contributed by atoms with van der Waals surface area (Å²) in [6, 6.07) is 15.5. The first-order valence-corrected chi connectivity index (χ1v) is 9.09. The third-order valence-corrected chi connectivity index (χ3v) is 4.15. The highest BCUT2D eigenvalue weighted by atomic mass is 79.9. The lowest BCUT2D eigenvalue weighted by Gasteiger charge is -2.10. The highest BCUT2D eigenvalue weighted by Gasteiger charge is 2.11.